The van der Waals surface area contributed by atoms with Crippen LogP contribution >= 0.6 is 0 Å². The van der Waals surface area contributed by atoms with Gasteiger partial charge in [0.15, 0.2) is 5.16 Å². The number of aryl methyl sites for hydroxylation is 1. The van der Waals surface area contributed by atoms with E-state index in [1.165, 1.54) is 0 Å². The van der Waals surface area contributed by atoms with Gasteiger partial charge in [0, 0.05) is 51.4 Å². The zero-order valence-corrected chi connectivity index (χ0v) is 17.8. The Labute approximate surface area is 172 Å². The van der Waals surface area contributed by atoms with E-state index >= 15 is 0 Å². The van der Waals surface area contributed by atoms with E-state index in [2.05, 4.69) is 9.97 Å². The number of rotatable bonds is 8. The van der Waals surface area contributed by atoms with Crippen molar-refractivity contribution in [3.8, 4) is 11.5 Å². The third-order valence-corrected chi connectivity index (χ3v) is 6.44. The summed E-state index contributed by atoms with van der Waals surface area (Å²) < 4.78 is 31.5. The molecule has 0 fully saturated rings. The third kappa shape index (κ3) is 4.00. The van der Waals surface area contributed by atoms with Crippen molar-refractivity contribution < 1.29 is 18.4 Å². The normalized spacial score (nSPS) is 14.0. The van der Waals surface area contributed by atoms with E-state index in [0.717, 1.165) is 52.2 Å². The molecular weight excluding hydrogens is 390 g/mol. The maximum Gasteiger partial charge on any atom is 0.200 e. The van der Waals surface area contributed by atoms with E-state index in [0.29, 0.717) is 25.0 Å². The molecule has 0 saturated heterocycles. The molecule has 1 aromatic carbocycles. The van der Waals surface area contributed by atoms with Gasteiger partial charge >= 0.3 is 0 Å². The molecular formula is C21H25N3O4S. The monoisotopic (exact) mass is 415 g/mol. The fourth-order valence-electron chi connectivity index (χ4n) is 3.48. The molecule has 1 aliphatic rings. The minimum Gasteiger partial charge on any atom is -0.493 e. The molecule has 3 aromatic rings. The Morgan fingerprint density at radius 2 is 2.17 bits per heavy atom. The van der Waals surface area contributed by atoms with Gasteiger partial charge in [-0.1, -0.05) is 0 Å². The zero-order chi connectivity index (χ0) is 20.4. The van der Waals surface area contributed by atoms with Gasteiger partial charge in [-0.05, 0) is 24.6 Å². The number of methoxy groups -OCH3 is 1. The van der Waals surface area contributed by atoms with Crippen molar-refractivity contribution >= 4 is 21.8 Å². The SMILES string of the molecule is COCCCOc1ccnc(CS(=O)c2nc3cc4c(cc3n2C)OCC4)c1C. The van der Waals surface area contributed by atoms with Gasteiger partial charge in [-0.2, -0.15) is 0 Å². The second kappa shape index (κ2) is 8.51. The van der Waals surface area contributed by atoms with E-state index in [4.69, 9.17) is 14.2 Å². The lowest BCUT2D eigenvalue weighted by Crippen LogP contribution is -2.08. The fraction of sp³-hybridized carbons (Fsp3) is 0.429. The summed E-state index contributed by atoms with van der Waals surface area (Å²) in [7, 11) is 2.23. The van der Waals surface area contributed by atoms with Crippen LogP contribution in [0.15, 0.2) is 29.6 Å². The van der Waals surface area contributed by atoms with Crippen LogP contribution in [0.1, 0.15) is 23.2 Å². The van der Waals surface area contributed by atoms with E-state index in [9.17, 15) is 4.21 Å². The number of benzene rings is 1. The Balaban J connectivity index is 1.54. The van der Waals surface area contributed by atoms with Gasteiger partial charge in [0.2, 0.25) is 0 Å². The predicted molar refractivity (Wildman–Crippen MR) is 111 cm³/mol. The zero-order valence-electron chi connectivity index (χ0n) is 16.9. The van der Waals surface area contributed by atoms with Gasteiger partial charge in [0.1, 0.15) is 11.5 Å². The average Bonchev–Trinajstić information content (AvgIpc) is 3.30. The molecule has 7 nitrogen and oxygen atoms in total. The maximum atomic E-state index is 13.1. The average molecular weight is 416 g/mol. The molecule has 1 aliphatic heterocycles. The van der Waals surface area contributed by atoms with Gasteiger partial charge in [-0.25, -0.2) is 4.98 Å². The Kier molecular flexibility index (Phi) is 5.82. The van der Waals surface area contributed by atoms with Crippen LogP contribution in [0.5, 0.6) is 11.5 Å². The van der Waals surface area contributed by atoms with E-state index in [1.54, 1.807) is 13.3 Å². The van der Waals surface area contributed by atoms with Crippen molar-refractivity contribution in [2.24, 2.45) is 7.05 Å². The van der Waals surface area contributed by atoms with E-state index < -0.39 is 10.8 Å². The molecule has 3 heterocycles. The van der Waals surface area contributed by atoms with Gasteiger partial charge in [-0.15, -0.1) is 0 Å². The molecule has 4 rings (SSSR count). The molecule has 29 heavy (non-hydrogen) atoms. The van der Waals surface area contributed by atoms with Crippen LogP contribution in [0.4, 0.5) is 0 Å². The molecule has 0 N–H and O–H groups in total. The number of nitrogens with zero attached hydrogens (tertiary/aromatic N) is 3. The van der Waals surface area contributed by atoms with Gasteiger partial charge in [-0.3, -0.25) is 9.19 Å². The Morgan fingerprint density at radius 3 is 3.00 bits per heavy atom. The molecule has 1 unspecified atom stereocenters. The summed E-state index contributed by atoms with van der Waals surface area (Å²) in [4.78, 5) is 9.07. The number of ether oxygens (including phenoxy) is 3. The fourth-order valence-corrected chi connectivity index (χ4v) is 4.75. The molecule has 2 aromatic heterocycles. The molecule has 1 atom stereocenters. The second-order valence-corrected chi connectivity index (χ2v) is 8.41. The van der Waals surface area contributed by atoms with Crippen molar-refractivity contribution in [3.63, 3.8) is 0 Å². The minimum atomic E-state index is -1.33. The predicted octanol–water partition coefficient (Wildman–Crippen LogP) is 2.93. The number of imidazole rings is 1. The second-order valence-electron chi connectivity index (χ2n) is 7.07. The van der Waals surface area contributed by atoms with Crippen LogP contribution in [0.2, 0.25) is 0 Å². The largest absolute Gasteiger partial charge is 0.493 e. The molecule has 0 saturated carbocycles. The highest BCUT2D eigenvalue weighted by molar-refractivity contribution is 7.84. The number of pyridine rings is 1. The quantitative estimate of drug-likeness (QED) is 0.527. The van der Waals surface area contributed by atoms with Gasteiger partial charge in [0.05, 0.1) is 46.5 Å². The first-order valence-corrected chi connectivity index (χ1v) is 11.0. The van der Waals surface area contributed by atoms with E-state index in [1.807, 2.05) is 36.7 Å². The van der Waals surface area contributed by atoms with Crippen LogP contribution in [0.3, 0.4) is 0 Å². The summed E-state index contributed by atoms with van der Waals surface area (Å²) in [5.41, 5.74) is 4.59. The van der Waals surface area contributed by atoms with Crippen LogP contribution in [0, 0.1) is 6.92 Å². The molecule has 0 aliphatic carbocycles. The van der Waals surface area contributed by atoms with Crippen LogP contribution in [0.25, 0.3) is 11.0 Å². The summed E-state index contributed by atoms with van der Waals surface area (Å²) >= 11 is 0. The summed E-state index contributed by atoms with van der Waals surface area (Å²) in [6, 6.07) is 5.87. The highest BCUT2D eigenvalue weighted by Crippen LogP contribution is 2.31. The van der Waals surface area contributed by atoms with Crippen LogP contribution in [-0.4, -0.2) is 45.7 Å². The summed E-state index contributed by atoms with van der Waals surface area (Å²) in [5.74, 6) is 1.95. The standard InChI is InChI=1S/C21H25N3O4S/c1-14-17(22-7-5-19(14)27-9-4-8-26-3)13-29(25)21-23-16-11-15-6-10-28-20(15)12-18(16)24(21)2/h5,7,11-12H,4,6,8-10,13H2,1-3H3. The van der Waals surface area contributed by atoms with Crippen LogP contribution < -0.4 is 9.47 Å². The molecule has 0 spiro atoms. The smallest absolute Gasteiger partial charge is 0.200 e. The lowest BCUT2D eigenvalue weighted by molar-refractivity contribution is 0.172. The van der Waals surface area contributed by atoms with Gasteiger partial charge < -0.3 is 18.8 Å². The summed E-state index contributed by atoms with van der Waals surface area (Å²) in [5, 5.41) is 0.538. The lowest BCUT2D eigenvalue weighted by atomic mass is 10.1. The maximum absolute atomic E-state index is 13.1. The molecule has 154 valence electrons. The van der Waals surface area contributed by atoms with Crippen molar-refractivity contribution in [1.29, 1.82) is 0 Å². The topological polar surface area (TPSA) is 75.5 Å². The molecule has 8 heteroatoms. The van der Waals surface area contributed by atoms with Crippen molar-refractivity contribution in [1.82, 2.24) is 14.5 Å². The number of hydrogen-bond donors (Lipinski definition) is 0. The Bertz CT molecular complexity index is 1060. The van der Waals surface area contributed by atoms with Crippen molar-refractivity contribution in [2.45, 2.75) is 30.7 Å². The molecule has 0 radical (unpaired) electrons. The van der Waals surface area contributed by atoms with Crippen LogP contribution in [-0.2, 0) is 34.8 Å². The first-order valence-electron chi connectivity index (χ1n) is 9.65. The number of aromatic nitrogens is 3. The highest BCUT2D eigenvalue weighted by Gasteiger charge is 2.20. The Morgan fingerprint density at radius 1 is 1.31 bits per heavy atom. The van der Waals surface area contributed by atoms with Crippen molar-refractivity contribution in [3.05, 3.63) is 41.2 Å². The lowest BCUT2D eigenvalue weighted by Gasteiger charge is -2.12. The molecule has 0 amide bonds. The molecule has 0 bridgehead atoms. The first-order chi connectivity index (χ1) is 14.1. The van der Waals surface area contributed by atoms with Gasteiger partial charge in [0.25, 0.3) is 0 Å². The van der Waals surface area contributed by atoms with Crippen molar-refractivity contribution in [2.75, 3.05) is 26.9 Å². The minimum absolute atomic E-state index is 0.286. The van der Waals surface area contributed by atoms with E-state index in [-0.39, 0.29) is 5.75 Å². The first kappa shape index (κ1) is 19.8. The Hall–Kier alpha value is -2.45. The summed E-state index contributed by atoms with van der Waals surface area (Å²) in [6.45, 7) is 3.88. The number of hydrogen-bond acceptors (Lipinski definition) is 6. The highest BCUT2D eigenvalue weighted by atomic mass is 32.2. The third-order valence-electron chi connectivity index (χ3n) is 5.13. The number of fused-ring (bicyclic) bond motifs is 2. The summed E-state index contributed by atoms with van der Waals surface area (Å²) in [6.07, 6.45) is 3.40.